The Morgan fingerprint density at radius 2 is 1.68 bits per heavy atom. The molecule has 0 bridgehead atoms. The zero-order valence-electron chi connectivity index (χ0n) is 16.6. The van der Waals surface area contributed by atoms with Gasteiger partial charge in [-0.15, -0.1) is 0 Å². The first-order chi connectivity index (χ1) is 12.2. The van der Waals surface area contributed by atoms with E-state index in [1.807, 2.05) is 6.92 Å². The highest BCUT2D eigenvalue weighted by molar-refractivity contribution is 5.80. The van der Waals surface area contributed by atoms with Crippen molar-refractivity contribution in [2.24, 2.45) is 4.99 Å². The number of hydrogen-bond donors (Lipinski definition) is 1. The van der Waals surface area contributed by atoms with Crippen molar-refractivity contribution in [1.29, 1.82) is 0 Å². The minimum absolute atomic E-state index is 0.208. The van der Waals surface area contributed by atoms with Crippen molar-refractivity contribution >= 4 is 12.1 Å². The molecule has 7 heteroatoms. The lowest BCUT2D eigenvalue weighted by molar-refractivity contribution is 0.0914. The fraction of sp³-hybridized carbons (Fsp3) is 0.889. The van der Waals surface area contributed by atoms with Gasteiger partial charge in [-0.2, -0.15) is 0 Å². The summed E-state index contributed by atoms with van der Waals surface area (Å²) in [5.74, 6) is 0.967. The van der Waals surface area contributed by atoms with Gasteiger partial charge in [-0.1, -0.05) is 13.8 Å². The van der Waals surface area contributed by atoms with E-state index in [1.165, 1.54) is 6.42 Å². The van der Waals surface area contributed by atoms with Crippen LogP contribution in [0.15, 0.2) is 4.99 Å². The van der Waals surface area contributed by atoms with E-state index >= 15 is 0 Å². The largest absolute Gasteiger partial charge is 0.450 e. The first-order valence-electron chi connectivity index (χ1n) is 9.83. The predicted octanol–water partition coefficient (Wildman–Crippen LogP) is 1.85. The number of nitrogens with one attached hydrogen (secondary N) is 1. The Morgan fingerprint density at radius 1 is 1.04 bits per heavy atom. The molecule has 7 nitrogen and oxygen atoms in total. The van der Waals surface area contributed by atoms with E-state index in [0.717, 1.165) is 58.2 Å². The maximum absolute atomic E-state index is 11.8. The fourth-order valence-electron chi connectivity index (χ4n) is 2.91. The number of carbonyl (C=O) groups is 1. The van der Waals surface area contributed by atoms with Crippen molar-refractivity contribution in [1.82, 2.24) is 20.0 Å². The van der Waals surface area contributed by atoms with Gasteiger partial charge in [0.2, 0.25) is 0 Å². The van der Waals surface area contributed by atoms with Crippen LogP contribution in [0.4, 0.5) is 4.79 Å². The molecular formula is C18H37N5O2. The van der Waals surface area contributed by atoms with Crippen molar-refractivity contribution in [3.63, 3.8) is 0 Å². The van der Waals surface area contributed by atoms with Crippen LogP contribution in [0.3, 0.4) is 0 Å². The molecule has 0 aliphatic carbocycles. The third-order valence-corrected chi connectivity index (χ3v) is 4.48. The molecule has 0 spiro atoms. The summed E-state index contributed by atoms with van der Waals surface area (Å²) in [6.07, 6.45) is 2.08. The van der Waals surface area contributed by atoms with E-state index in [4.69, 9.17) is 9.73 Å². The third kappa shape index (κ3) is 7.94. The van der Waals surface area contributed by atoms with Gasteiger partial charge in [-0.25, -0.2) is 4.79 Å². The second-order valence-corrected chi connectivity index (χ2v) is 6.14. The lowest BCUT2D eigenvalue weighted by atomic mass is 10.3. The lowest BCUT2D eigenvalue weighted by Gasteiger charge is -2.35. The summed E-state index contributed by atoms with van der Waals surface area (Å²) in [5.41, 5.74) is 0. The molecular weight excluding hydrogens is 318 g/mol. The van der Waals surface area contributed by atoms with E-state index < -0.39 is 0 Å². The molecule has 0 aromatic carbocycles. The van der Waals surface area contributed by atoms with Crippen LogP contribution < -0.4 is 5.32 Å². The zero-order chi connectivity index (χ0) is 18.5. The second kappa shape index (κ2) is 12.8. The highest BCUT2D eigenvalue weighted by atomic mass is 16.6. The Hall–Kier alpha value is -1.50. The van der Waals surface area contributed by atoms with E-state index in [2.05, 4.69) is 35.9 Å². The number of rotatable bonds is 9. The van der Waals surface area contributed by atoms with Crippen molar-refractivity contribution in [2.75, 3.05) is 65.5 Å². The molecule has 25 heavy (non-hydrogen) atoms. The molecule has 1 fully saturated rings. The number of carbonyl (C=O) groups excluding carboxylic acids is 1. The minimum Gasteiger partial charge on any atom is -0.450 e. The van der Waals surface area contributed by atoms with Crippen LogP contribution in [0, 0.1) is 0 Å². The quantitative estimate of drug-likeness (QED) is 0.389. The molecule has 0 atom stereocenters. The van der Waals surface area contributed by atoms with E-state index in [0.29, 0.717) is 19.7 Å². The van der Waals surface area contributed by atoms with Gasteiger partial charge in [0.25, 0.3) is 0 Å². The average Bonchev–Trinajstić information content (AvgIpc) is 2.64. The van der Waals surface area contributed by atoms with Gasteiger partial charge in [0.15, 0.2) is 5.96 Å². The van der Waals surface area contributed by atoms with Crippen LogP contribution in [-0.4, -0.2) is 92.3 Å². The fourth-order valence-corrected chi connectivity index (χ4v) is 2.91. The van der Waals surface area contributed by atoms with Gasteiger partial charge in [0.05, 0.1) is 6.61 Å². The summed E-state index contributed by atoms with van der Waals surface area (Å²) < 4.78 is 5.07. The summed E-state index contributed by atoms with van der Waals surface area (Å²) in [6, 6.07) is 0. The lowest BCUT2D eigenvalue weighted by Crippen LogP contribution is -2.53. The van der Waals surface area contributed by atoms with Crippen molar-refractivity contribution in [3.05, 3.63) is 0 Å². The average molecular weight is 356 g/mol. The molecule has 1 amide bonds. The standard InChI is InChI=1S/C18H37N5O2/c1-5-19-17(20-11-9-10-12-21(6-2)7-3)22-13-15-23(16-14-22)18(24)25-8-4/h5-16H2,1-4H3,(H,19,20). The molecule has 1 N–H and O–H groups in total. The number of amides is 1. The van der Waals surface area contributed by atoms with E-state index in [1.54, 1.807) is 4.90 Å². The van der Waals surface area contributed by atoms with Gasteiger partial charge in [0.1, 0.15) is 0 Å². The van der Waals surface area contributed by atoms with E-state index in [9.17, 15) is 4.79 Å². The van der Waals surface area contributed by atoms with Crippen LogP contribution >= 0.6 is 0 Å². The zero-order valence-corrected chi connectivity index (χ0v) is 16.6. The number of ether oxygens (including phenoxy) is 1. The highest BCUT2D eigenvalue weighted by Gasteiger charge is 2.23. The monoisotopic (exact) mass is 355 g/mol. The van der Waals surface area contributed by atoms with Crippen LogP contribution in [0.2, 0.25) is 0 Å². The van der Waals surface area contributed by atoms with Crippen molar-refractivity contribution in [3.8, 4) is 0 Å². The molecule has 0 aromatic rings. The molecule has 0 unspecified atom stereocenters. The van der Waals surface area contributed by atoms with Crippen molar-refractivity contribution < 1.29 is 9.53 Å². The molecule has 0 radical (unpaired) electrons. The molecule has 1 heterocycles. The summed E-state index contributed by atoms with van der Waals surface area (Å²) >= 11 is 0. The number of unbranched alkanes of at least 4 members (excludes halogenated alkanes) is 1. The Labute approximate surface area is 153 Å². The van der Waals surface area contributed by atoms with Gasteiger partial charge >= 0.3 is 6.09 Å². The number of hydrogen-bond acceptors (Lipinski definition) is 4. The number of nitrogens with zero attached hydrogens (tertiary/aromatic N) is 4. The molecule has 1 saturated heterocycles. The molecule has 1 rings (SSSR count). The van der Waals surface area contributed by atoms with Crippen LogP contribution in [0.5, 0.6) is 0 Å². The van der Waals surface area contributed by atoms with Gasteiger partial charge < -0.3 is 24.8 Å². The second-order valence-electron chi connectivity index (χ2n) is 6.14. The minimum atomic E-state index is -0.208. The molecule has 0 aromatic heterocycles. The van der Waals surface area contributed by atoms with Crippen LogP contribution in [-0.2, 0) is 4.74 Å². The number of guanidine groups is 1. The maximum atomic E-state index is 11.8. The van der Waals surface area contributed by atoms with Crippen molar-refractivity contribution in [2.45, 2.75) is 40.5 Å². The Morgan fingerprint density at radius 3 is 2.24 bits per heavy atom. The van der Waals surface area contributed by atoms with Crippen LogP contribution in [0.1, 0.15) is 40.5 Å². The predicted molar refractivity (Wildman–Crippen MR) is 103 cm³/mol. The topological polar surface area (TPSA) is 60.4 Å². The maximum Gasteiger partial charge on any atom is 0.409 e. The first kappa shape index (κ1) is 21.5. The summed E-state index contributed by atoms with van der Waals surface area (Å²) in [6.45, 7) is 16.8. The summed E-state index contributed by atoms with van der Waals surface area (Å²) in [7, 11) is 0. The van der Waals surface area contributed by atoms with Crippen LogP contribution in [0.25, 0.3) is 0 Å². The Kier molecular flexibility index (Phi) is 11.0. The summed E-state index contributed by atoms with van der Waals surface area (Å²) in [5, 5.41) is 3.37. The summed E-state index contributed by atoms with van der Waals surface area (Å²) in [4.78, 5) is 23.0. The normalized spacial score (nSPS) is 15.6. The number of aliphatic imine (C=N–C) groups is 1. The first-order valence-corrected chi connectivity index (χ1v) is 9.83. The van der Waals surface area contributed by atoms with E-state index in [-0.39, 0.29) is 6.09 Å². The smallest absolute Gasteiger partial charge is 0.409 e. The molecule has 0 saturated carbocycles. The number of piperazine rings is 1. The SMILES string of the molecule is CCNC(=NCCCCN(CC)CC)N1CCN(C(=O)OCC)CC1. The third-order valence-electron chi connectivity index (χ3n) is 4.48. The van der Waals surface area contributed by atoms with Gasteiger partial charge in [0, 0.05) is 39.3 Å². The molecule has 146 valence electrons. The van der Waals surface area contributed by atoms with Gasteiger partial charge in [-0.05, 0) is 46.3 Å². The Bertz CT molecular complexity index is 391. The Balaban J connectivity index is 2.39. The van der Waals surface area contributed by atoms with Gasteiger partial charge in [-0.3, -0.25) is 4.99 Å². The molecule has 1 aliphatic rings. The highest BCUT2D eigenvalue weighted by Crippen LogP contribution is 2.05. The molecule has 1 aliphatic heterocycles.